The van der Waals surface area contributed by atoms with Gasteiger partial charge in [0, 0.05) is 19.6 Å². The second-order valence-electron chi connectivity index (χ2n) is 14.8. The summed E-state index contributed by atoms with van der Waals surface area (Å²) in [7, 11) is 0. The first-order valence-corrected chi connectivity index (χ1v) is 16.7. The van der Waals surface area contributed by atoms with E-state index < -0.39 is 59.9 Å². The van der Waals surface area contributed by atoms with Crippen molar-refractivity contribution in [1.29, 1.82) is 5.26 Å². The van der Waals surface area contributed by atoms with E-state index in [2.05, 4.69) is 11.4 Å². The quantitative estimate of drug-likeness (QED) is 0.121. The first kappa shape index (κ1) is 36.7. The van der Waals surface area contributed by atoms with Crippen molar-refractivity contribution in [2.75, 3.05) is 52.6 Å². The number of hydrogen-bond acceptors (Lipinski definition) is 12. The summed E-state index contributed by atoms with van der Waals surface area (Å²) in [5.41, 5.74) is -1.73. The number of hydrogen-bond donors (Lipinski definition) is 6. The van der Waals surface area contributed by atoms with Gasteiger partial charge in [-0.1, -0.05) is 0 Å². The SMILES string of the molecule is CC(C)(C)OC(=O)N(CC(=O)N1CCC[C@H]1C#N)C12CC3CC(CC(OCCOCCNC[C@H](O)[C@@H](O)[C@H](O)[C@H](O)CO)(C3)C1)C2. The first-order chi connectivity index (χ1) is 21.7. The Labute approximate surface area is 271 Å². The van der Waals surface area contributed by atoms with Gasteiger partial charge in [0.2, 0.25) is 5.91 Å². The van der Waals surface area contributed by atoms with E-state index in [1.54, 1.807) is 9.80 Å². The van der Waals surface area contributed by atoms with Crippen molar-refractivity contribution >= 4 is 12.0 Å². The molecule has 0 aromatic rings. The Morgan fingerprint density at radius 1 is 1.04 bits per heavy atom. The van der Waals surface area contributed by atoms with Crippen molar-refractivity contribution in [2.45, 2.75) is 119 Å². The molecule has 262 valence electrons. The fourth-order valence-corrected chi connectivity index (χ4v) is 8.28. The zero-order valence-electron chi connectivity index (χ0n) is 27.5. The number of likely N-dealkylation sites (tertiary alicyclic amines) is 1. The van der Waals surface area contributed by atoms with Gasteiger partial charge in [0.15, 0.2) is 0 Å². The van der Waals surface area contributed by atoms with Gasteiger partial charge in [0.1, 0.15) is 36.5 Å². The first-order valence-electron chi connectivity index (χ1n) is 16.7. The lowest BCUT2D eigenvalue weighted by Gasteiger charge is -2.64. The number of carbonyl (C=O) groups is 2. The third kappa shape index (κ3) is 8.87. The molecule has 2 amide bonds. The van der Waals surface area contributed by atoms with Crippen molar-refractivity contribution in [3.8, 4) is 6.07 Å². The molecule has 14 nitrogen and oxygen atoms in total. The van der Waals surface area contributed by atoms with E-state index in [9.17, 15) is 35.3 Å². The number of carbonyl (C=O) groups excluding carboxylic acids is 2. The third-order valence-corrected chi connectivity index (χ3v) is 9.92. The molecule has 4 saturated carbocycles. The van der Waals surface area contributed by atoms with Crippen LogP contribution in [0.25, 0.3) is 0 Å². The molecular weight excluding hydrogens is 600 g/mol. The molecule has 4 aliphatic carbocycles. The van der Waals surface area contributed by atoms with Crippen molar-refractivity contribution in [2.24, 2.45) is 11.8 Å². The number of rotatable bonds is 16. The van der Waals surface area contributed by atoms with Gasteiger partial charge in [0.25, 0.3) is 0 Å². The number of nitriles is 1. The lowest BCUT2D eigenvalue weighted by Crippen LogP contribution is -2.68. The Morgan fingerprint density at radius 3 is 2.35 bits per heavy atom. The van der Waals surface area contributed by atoms with Crippen LogP contribution >= 0.6 is 0 Å². The average Bonchev–Trinajstić information content (AvgIpc) is 3.47. The van der Waals surface area contributed by atoms with Crippen LogP contribution in [0, 0.1) is 23.2 Å². The van der Waals surface area contributed by atoms with Gasteiger partial charge < -0.3 is 50.0 Å². The Kier molecular flexibility index (Phi) is 12.3. The monoisotopic (exact) mass is 654 g/mol. The Bertz CT molecular complexity index is 1070. The summed E-state index contributed by atoms with van der Waals surface area (Å²) in [6, 6.07) is 1.76. The molecule has 5 aliphatic rings. The Hall–Kier alpha value is -2.09. The molecule has 46 heavy (non-hydrogen) atoms. The normalized spacial score (nSPS) is 31.3. The van der Waals surface area contributed by atoms with E-state index in [0.717, 1.165) is 38.5 Å². The minimum absolute atomic E-state index is 0.0458. The molecule has 1 heterocycles. The van der Waals surface area contributed by atoms with Crippen LogP contribution in [0.5, 0.6) is 0 Å². The van der Waals surface area contributed by atoms with E-state index >= 15 is 0 Å². The molecule has 6 N–H and O–H groups in total. The van der Waals surface area contributed by atoms with Crippen molar-refractivity contribution in [3.63, 3.8) is 0 Å². The zero-order valence-corrected chi connectivity index (χ0v) is 27.5. The molecule has 7 atom stereocenters. The van der Waals surface area contributed by atoms with E-state index in [0.29, 0.717) is 57.6 Å². The van der Waals surface area contributed by atoms with Crippen LogP contribution in [-0.4, -0.2) is 147 Å². The number of aliphatic hydroxyl groups excluding tert-OH is 5. The van der Waals surface area contributed by atoms with Crippen molar-refractivity contribution < 1.29 is 49.3 Å². The summed E-state index contributed by atoms with van der Waals surface area (Å²) in [6.45, 7) is 6.42. The maximum absolute atomic E-state index is 13.8. The highest BCUT2D eigenvalue weighted by Gasteiger charge is 2.62. The number of nitrogens with zero attached hydrogens (tertiary/aromatic N) is 3. The molecule has 5 rings (SSSR count). The van der Waals surface area contributed by atoms with Crippen LogP contribution in [0.4, 0.5) is 4.79 Å². The predicted molar refractivity (Wildman–Crippen MR) is 164 cm³/mol. The topological polar surface area (TPSA) is 205 Å². The fourth-order valence-electron chi connectivity index (χ4n) is 8.28. The van der Waals surface area contributed by atoms with Crippen LogP contribution in [0.15, 0.2) is 0 Å². The molecule has 2 unspecified atom stereocenters. The fraction of sp³-hybridized carbons (Fsp3) is 0.906. The van der Waals surface area contributed by atoms with Crippen LogP contribution in [-0.2, 0) is 19.0 Å². The van der Waals surface area contributed by atoms with E-state index in [4.69, 9.17) is 19.3 Å². The van der Waals surface area contributed by atoms with E-state index in [1.807, 2.05) is 20.8 Å². The second kappa shape index (κ2) is 15.4. The Balaban J connectivity index is 1.31. The molecule has 1 saturated heterocycles. The second-order valence-corrected chi connectivity index (χ2v) is 14.8. The molecule has 4 bridgehead atoms. The number of nitrogens with one attached hydrogen (secondary N) is 1. The smallest absolute Gasteiger partial charge is 0.411 e. The Morgan fingerprint density at radius 2 is 1.72 bits per heavy atom. The van der Waals surface area contributed by atoms with Crippen LogP contribution < -0.4 is 5.32 Å². The highest BCUT2D eigenvalue weighted by Crippen LogP contribution is 2.61. The van der Waals surface area contributed by atoms with Gasteiger partial charge in [-0.05, 0) is 84.0 Å². The van der Waals surface area contributed by atoms with Gasteiger partial charge in [-0.15, -0.1) is 0 Å². The maximum atomic E-state index is 13.8. The van der Waals surface area contributed by atoms with Crippen LogP contribution in [0.1, 0.15) is 72.1 Å². The van der Waals surface area contributed by atoms with Gasteiger partial charge in [-0.25, -0.2) is 4.79 Å². The minimum Gasteiger partial charge on any atom is -0.444 e. The average molecular weight is 655 g/mol. The maximum Gasteiger partial charge on any atom is 0.411 e. The molecule has 1 aliphatic heterocycles. The number of ether oxygens (including phenoxy) is 3. The largest absolute Gasteiger partial charge is 0.444 e. The van der Waals surface area contributed by atoms with E-state index in [1.165, 1.54) is 0 Å². The summed E-state index contributed by atoms with van der Waals surface area (Å²) >= 11 is 0. The molecule has 0 spiro atoms. The summed E-state index contributed by atoms with van der Waals surface area (Å²) in [6.07, 6.45) is -0.218. The van der Waals surface area contributed by atoms with Crippen LogP contribution in [0.2, 0.25) is 0 Å². The lowest BCUT2D eigenvalue weighted by molar-refractivity contribution is -0.202. The summed E-state index contributed by atoms with van der Waals surface area (Å²) in [5, 5.41) is 60.5. The molecule has 5 fully saturated rings. The summed E-state index contributed by atoms with van der Waals surface area (Å²) in [4.78, 5) is 30.6. The van der Waals surface area contributed by atoms with Crippen LogP contribution in [0.3, 0.4) is 0 Å². The van der Waals surface area contributed by atoms with Crippen molar-refractivity contribution in [3.05, 3.63) is 0 Å². The molecule has 0 aromatic carbocycles. The molecule has 0 aromatic heterocycles. The minimum atomic E-state index is -1.67. The highest BCUT2D eigenvalue weighted by molar-refractivity contribution is 5.83. The third-order valence-electron chi connectivity index (χ3n) is 9.92. The summed E-state index contributed by atoms with van der Waals surface area (Å²) in [5.74, 6) is 0.510. The van der Waals surface area contributed by atoms with Crippen molar-refractivity contribution in [1.82, 2.24) is 15.1 Å². The van der Waals surface area contributed by atoms with Gasteiger partial charge in [0.05, 0.1) is 49.7 Å². The molecular formula is C32H54N4O10. The lowest BCUT2D eigenvalue weighted by atomic mass is 9.50. The van der Waals surface area contributed by atoms with E-state index in [-0.39, 0.29) is 19.0 Å². The number of amides is 2. The van der Waals surface area contributed by atoms with Gasteiger partial charge >= 0.3 is 6.09 Å². The molecule has 14 heteroatoms. The van der Waals surface area contributed by atoms with Gasteiger partial charge in [-0.3, -0.25) is 9.69 Å². The standard InChI is InChI=1S/C32H54N4O10/c1-30(2,3)46-29(43)36(18-26(40)35-7-4-5-23(35)16-33)31-12-21-11-22(13-31)15-32(14-21,20-31)45-10-9-44-8-6-34-17-24(38)27(41)28(42)25(39)19-37/h21-25,27-28,34,37-39,41-42H,4-15,17-20H2,1-3H3/t21?,22?,23-,24-,25+,27+,28+,31?,32?/m0/s1. The molecule has 0 radical (unpaired) electrons. The predicted octanol–water partition coefficient (Wildman–Crippen LogP) is -0.112. The highest BCUT2D eigenvalue weighted by atomic mass is 16.6. The summed E-state index contributed by atoms with van der Waals surface area (Å²) < 4.78 is 18.1. The number of aliphatic hydroxyl groups is 5. The zero-order chi connectivity index (χ0) is 33.7. The van der Waals surface area contributed by atoms with Gasteiger partial charge in [-0.2, -0.15) is 5.26 Å².